The fourth-order valence-electron chi connectivity index (χ4n) is 4.00. The molecule has 1 fully saturated rings. The predicted molar refractivity (Wildman–Crippen MR) is 121 cm³/mol. The second kappa shape index (κ2) is 9.63. The summed E-state index contributed by atoms with van der Waals surface area (Å²) in [7, 11) is 0. The lowest BCUT2D eigenvalue weighted by Gasteiger charge is -2.18. The van der Waals surface area contributed by atoms with Crippen molar-refractivity contribution in [2.24, 2.45) is 5.92 Å². The maximum absolute atomic E-state index is 13.8. The average Bonchev–Trinajstić information content (AvgIpc) is 3.33. The van der Waals surface area contributed by atoms with E-state index in [9.17, 15) is 19.1 Å². The molecule has 1 heterocycles. The van der Waals surface area contributed by atoms with Crippen molar-refractivity contribution in [1.82, 2.24) is 15.1 Å². The molecule has 166 valence electrons. The minimum atomic E-state index is -0.679. The molecule has 0 radical (unpaired) electrons. The summed E-state index contributed by atoms with van der Waals surface area (Å²) in [4.78, 5) is 26.0. The standard InChI is InChI=1S/C24H23ClFN3O3/c25-17-10-8-15(9-11-17)21-13-20(23(31)27-14-22(30)16-4-1-2-5-16)24(32)29(28-21)19-7-3-6-18(26)12-19/h3,6-13,16,22,30H,1-2,4-5,14H2,(H,27,31). The van der Waals surface area contributed by atoms with Crippen molar-refractivity contribution >= 4 is 17.5 Å². The molecule has 0 bridgehead atoms. The van der Waals surface area contributed by atoms with Crippen molar-refractivity contribution in [3.8, 4) is 16.9 Å². The number of hydrogen-bond acceptors (Lipinski definition) is 4. The zero-order chi connectivity index (χ0) is 22.7. The van der Waals surface area contributed by atoms with Crippen LogP contribution in [-0.4, -0.2) is 33.4 Å². The fourth-order valence-corrected chi connectivity index (χ4v) is 4.13. The Hall–Kier alpha value is -3.03. The van der Waals surface area contributed by atoms with Gasteiger partial charge in [-0.2, -0.15) is 9.78 Å². The molecule has 0 saturated heterocycles. The van der Waals surface area contributed by atoms with Gasteiger partial charge in [-0.1, -0.05) is 42.6 Å². The van der Waals surface area contributed by atoms with Gasteiger partial charge in [0.25, 0.3) is 11.5 Å². The minimum Gasteiger partial charge on any atom is -0.391 e. The van der Waals surface area contributed by atoms with Crippen LogP contribution in [0.2, 0.25) is 5.02 Å². The molecule has 6 nitrogen and oxygen atoms in total. The van der Waals surface area contributed by atoms with Gasteiger partial charge in [-0.3, -0.25) is 9.59 Å². The summed E-state index contributed by atoms with van der Waals surface area (Å²) < 4.78 is 14.8. The molecule has 1 aromatic heterocycles. The van der Waals surface area contributed by atoms with E-state index in [0.717, 1.165) is 30.4 Å². The topological polar surface area (TPSA) is 84.2 Å². The number of amides is 1. The van der Waals surface area contributed by atoms with Crippen LogP contribution in [0.5, 0.6) is 0 Å². The molecule has 1 amide bonds. The molecular weight excluding hydrogens is 433 g/mol. The van der Waals surface area contributed by atoms with E-state index in [2.05, 4.69) is 10.4 Å². The third-order valence-electron chi connectivity index (χ3n) is 5.76. The molecule has 1 unspecified atom stereocenters. The van der Waals surface area contributed by atoms with Crippen LogP contribution in [0.1, 0.15) is 36.0 Å². The molecule has 4 rings (SSSR count). The smallest absolute Gasteiger partial charge is 0.284 e. The molecule has 1 aliphatic carbocycles. The summed E-state index contributed by atoms with van der Waals surface area (Å²) in [5.41, 5.74) is 0.367. The van der Waals surface area contributed by atoms with Crippen molar-refractivity contribution in [2.45, 2.75) is 31.8 Å². The van der Waals surface area contributed by atoms with Crippen LogP contribution in [0, 0.1) is 11.7 Å². The molecule has 0 spiro atoms. The van der Waals surface area contributed by atoms with Gasteiger partial charge in [-0.25, -0.2) is 4.39 Å². The van der Waals surface area contributed by atoms with Crippen LogP contribution in [0.3, 0.4) is 0 Å². The lowest BCUT2D eigenvalue weighted by atomic mass is 10.0. The lowest BCUT2D eigenvalue weighted by Crippen LogP contribution is -2.39. The molecule has 1 atom stereocenters. The summed E-state index contributed by atoms with van der Waals surface area (Å²) in [6, 6.07) is 13.6. The Morgan fingerprint density at radius 1 is 1.19 bits per heavy atom. The second-order valence-corrected chi connectivity index (χ2v) is 8.41. The molecule has 8 heteroatoms. The highest BCUT2D eigenvalue weighted by Crippen LogP contribution is 2.27. The Kier molecular flexibility index (Phi) is 6.67. The Balaban J connectivity index is 1.70. The molecule has 3 aromatic rings. The number of carbonyl (C=O) groups is 1. The van der Waals surface area contributed by atoms with E-state index in [-0.39, 0.29) is 23.7 Å². The van der Waals surface area contributed by atoms with E-state index in [4.69, 9.17) is 11.6 Å². The van der Waals surface area contributed by atoms with Crippen LogP contribution in [-0.2, 0) is 0 Å². The van der Waals surface area contributed by atoms with Crippen molar-refractivity contribution in [3.05, 3.63) is 81.4 Å². The van der Waals surface area contributed by atoms with Crippen LogP contribution >= 0.6 is 11.6 Å². The summed E-state index contributed by atoms with van der Waals surface area (Å²) in [5, 5.41) is 17.9. The number of rotatable bonds is 6. The van der Waals surface area contributed by atoms with Crippen molar-refractivity contribution in [3.63, 3.8) is 0 Å². The Labute approximate surface area is 189 Å². The van der Waals surface area contributed by atoms with Crippen LogP contribution in [0.25, 0.3) is 16.9 Å². The highest BCUT2D eigenvalue weighted by atomic mass is 35.5. The largest absolute Gasteiger partial charge is 0.391 e. The highest BCUT2D eigenvalue weighted by Gasteiger charge is 2.24. The highest BCUT2D eigenvalue weighted by molar-refractivity contribution is 6.30. The van der Waals surface area contributed by atoms with E-state index in [1.165, 1.54) is 30.3 Å². The molecule has 0 aliphatic heterocycles. The fraction of sp³-hybridized carbons (Fsp3) is 0.292. The number of nitrogens with one attached hydrogen (secondary N) is 1. The third kappa shape index (κ3) is 4.89. The van der Waals surface area contributed by atoms with Gasteiger partial charge in [0, 0.05) is 17.1 Å². The van der Waals surface area contributed by atoms with Crippen LogP contribution in [0.4, 0.5) is 4.39 Å². The first-order valence-electron chi connectivity index (χ1n) is 10.5. The van der Waals surface area contributed by atoms with Crippen LogP contribution < -0.4 is 10.9 Å². The van der Waals surface area contributed by atoms with Gasteiger partial charge in [-0.05, 0) is 55.2 Å². The summed E-state index contributed by atoms with van der Waals surface area (Å²) in [5.74, 6) is -0.991. The number of aliphatic hydroxyl groups is 1. The van der Waals surface area contributed by atoms with Gasteiger partial charge in [0.05, 0.1) is 17.5 Å². The molecule has 32 heavy (non-hydrogen) atoms. The Morgan fingerprint density at radius 2 is 1.91 bits per heavy atom. The first kappa shape index (κ1) is 22.2. The van der Waals surface area contributed by atoms with Gasteiger partial charge in [0.2, 0.25) is 0 Å². The molecular formula is C24H23ClFN3O3. The van der Waals surface area contributed by atoms with Gasteiger partial charge in [0.1, 0.15) is 11.4 Å². The maximum Gasteiger partial charge on any atom is 0.284 e. The zero-order valence-corrected chi connectivity index (χ0v) is 18.1. The number of carbonyl (C=O) groups excluding carboxylic acids is 1. The summed E-state index contributed by atoms with van der Waals surface area (Å²) in [6.45, 7) is 0.0570. The molecule has 1 aliphatic rings. The third-order valence-corrected chi connectivity index (χ3v) is 6.02. The number of aromatic nitrogens is 2. The van der Waals surface area contributed by atoms with E-state index >= 15 is 0 Å². The molecule has 2 aromatic carbocycles. The number of halogens is 2. The molecule has 1 saturated carbocycles. The first-order chi connectivity index (χ1) is 15.4. The SMILES string of the molecule is O=C(NCC(O)C1CCCC1)c1cc(-c2ccc(Cl)cc2)nn(-c2cccc(F)c2)c1=O. The normalized spacial score (nSPS) is 15.0. The first-order valence-corrected chi connectivity index (χ1v) is 10.9. The van der Waals surface area contributed by atoms with E-state index in [1.807, 2.05) is 0 Å². The van der Waals surface area contributed by atoms with E-state index < -0.39 is 23.4 Å². The van der Waals surface area contributed by atoms with E-state index in [1.54, 1.807) is 24.3 Å². The van der Waals surface area contributed by atoms with Gasteiger partial charge >= 0.3 is 0 Å². The van der Waals surface area contributed by atoms with Crippen molar-refractivity contribution < 1.29 is 14.3 Å². The van der Waals surface area contributed by atoms with Crippen molar-refractivity contribution in [1.29, 1.82) is 0 Å². The van der Waals surface area contributed by atoms with Crippen LogP contribution in [0.15, 0.2) is 59.4 Å². The second-order valence-electron chi connectivity index (χ2n) is 7.97. The Morgan fingerprint density at radius 3 is 2.59 bits per heavy atom. The predicted octanol–water partition coefficient (Wildman–Crippen LogP) is 3.97. The number of aliphatic hydroxyl groups excluding tert-OH is 1. The average molecular weight is 456 g/mol. The number of hydrogen-bond donors (Lipinski definition) is 2. The van der Waals surface area contributed by atoms with Gasteiger partial charge in [0.15, 0.2) is 0 Å². The zero-order valence-electron chi connectivity index (χ0n) is 17.3. The Bertz CT molecular complexity index is 1170. The van der Waals surface area contributed by atoms with Gasteiger partial charge in [-0.15, -0.1) is 0 Å². The summed E-state index contributed by atoms with van der Waals surface area (Å²) >= 11 is 5.97. The quantitative estimate of drug-likeness (QED) is 0.589. The number of benzene rings is 2. The maximum atomic E-state index is 13.8. The molecule has 2 N–H and O–H groups in total. The monoisotopic (exact) mass is 455 g/mol. The van der Waals surface area contributed by atoms with Crippen molar-refractivity contribution in [2.75, 3.05) is 6.54 Å². The summed E-state index contributed by atoms with van der Waals surface area (Å²) in [6.07, 6.45) is 3.34. The minimum absolute atomic E-state index is 0.0570. The lowest BCUT2D eigenvalue weighted by molar-refractivity contribution is 0.0839. The van der Waals surface area contributed by atoms with E-state index in [0.29, 0.717) is 16.3 Å². The van der Waals surface area contributed by atoms with Gasteiger partial charge < -0.3 is 10.4 Å². The number of nitrogens with zero attached hydrogens (tertiary/aromatic N) is 2.